The summed E-state index contributed by atoms with van der Waals surface area (Å²) < 4.78 is 0. The Morgan fingerprint density at radius 3 is 2.73 bits per heavy atom. The molecule has 1 heterocycles. The van der Waals surface area contributed by atoms with Crippen LogP contribution in [-0.2, 0) is 4.79 Å². The van der Waals surface area contributed by atoms with E-state index in [9.17, 15) is 4.79 Å². The van der Waals surface area contributed by atoms with Gasteiger partial charge < -0.3 is 10.2 Å². The lowest BCUT2D eigenvalue weighted by atomic mass is 9.94. The summed E-state index contributed by atoms with van der Waals surface area (Å²) in [5, 5.41) is 3.65. The summed E-state index contributed by atoms with van der Waals surface area (Å²) in [6.07, 6.45) is 9.99. The number of carbonyl (C=O) groups is 1. The minimum Gasteiger partial charge on any atom is -0.312 e. The second kappa shape index (κ2) is 7.10. The van der Waals surface area contributed by atoms with Crippen LogP contribution in [0.25, 0.3) is 0 Å². The first-order chi connectivity index (χ1) is 10.7. The summed E-state index contributed by atoms with van der Waals surface area (Å²) in [5.41, 5.74) is 2.33. The van der Waals surface area contributed by atoms with Crippen LogP contribution < -0.4 is 10.2 Å². The molecule has 3 rings (SSSR count). The Balaban J connectivity index is 1.55. The number of amides is 1. The minimum atomic E-state index is 0.254. The van der Waals surface area contributed by atoms with Gasteiger partial charge in [-0.25, -0.2) is 0 Å². The zero-order valence-electron chi connectivity index (χ0n) is 13.4. The molecule has 0 spiro atoms. The van der Waals surface area contributed by atoms with E-state index in [0.717, 1.165) is 31.1 Å². The SMILES string of the molecule is C[C@@H](NC[C@@H]1CC=CCC1)c1ccc(N2CCCC2=O)cc1. The maximum atomic E-state index is 11.8. The Morgan fingerprint density at radius 1 is 1.27 bits per heavy atom. The van der Waals surface area contributed by atoms with Crippen molar-refractivity contribution in [3.63, 3.8) is 0 Å². The first kappa shape index (κ1) is 15.3. The average molecular weight is 298 g/mol. The number of anilines is 1. The van der Waals surface area contributed by atoms with Gasteiger partial charge in [0.2, 0.25) is 5.91 Å². The van der Waals surface area contributed by atoms with Gasteiger partial charge in [0.15, 0.2) is 0 Å². The van der Waals surface area contributed by atoms with Crippen molar-refractivity contribution in [3.8, 4) is 0 Å². The number of benzene rings is 1. The van der Waals surface area contributed by atoms with Crippen LogP contribution in [0, 0.1) is 5.92 Å². The zero-order chi connectivity index (χ0) is 15.4. The standard InChI is InChI=1S/C19H26N2O/c1-15(20-14-16-6-3-2-4-7-16)17-9-11-18(12-10-17)21-13-5-8-19(21)22/h2-3,9-12,15-16,20H,4-8,13-14H2,1H3/t15-,16-/m1/s1. The first-order valence-corrected chi connectivity index (χ1v) is 8.53. The summed E-state index contributed by atoms with van der Waals surface area (Å²) in [6.45, 7) is 4.16. The lowest BCUT2D eigenvalue weighted by Gasteiger charge is -2.22. The number of hydrogen-bond donors (Lipinski definition) is 1. The number of rotatable bonds is 5. The van der Waals surface area contributed by atoms with Crippen molar-refractivity contribution in [2.75, 3.05) is 18.0 Å². The van der Waals surface area contributed by atoms with Gasteiger partial charge in [-0.3, -0.25) is 4.79 Å². The summed E-state index contributed by atoms with van der Waals surface area (Å²) in [6, 6.07) is 8.83. The molecule has 2 aliphatic rings. The van der Waals surface area contributed by atoms with Gasteiger partial charge in [-0.1, -0.05) is 24.3 Å². The molecular weight excluding hydrogens is 272 g/mol. The minimum absolute atomic E-state index is 0.254. The predicted octanol–water partition coefficient (Wildman–Crippen LogP) is 3.82. The molecule has 1 aromatic carbocycles. The van der Waals surface area contributed by atoms with Crippen molar-refractivity contribution in [1.29, 1.82) is 0 Å². The van der Waals surface area contributed by atoms with E-state index >= 15 is 0 Å². The van der Waals surface area contributed by atoms with Gasteiger partial charge >= 0.3 is 0 Å². The smallest absolute Gasteiger partial charge is 0.227 e. The van der Waals surface area contributed by atoms with E-state index in [1.165, 1.54) is 24.8 Å². The molecule has 3 nitrogen and oxygen atoms in total. The van der Waals surface area contributed by atoms with E-state index in [0.29, 0.717) is 12.5 Å². The van der Waals surface area contributed by atoms with Gasteiger partial charge in [-0.2, -0.15) is 0 Å². The second-order valence-electron chi connectivity index (χ2n) is 6.52. The highest BCUT2D eigenvalue weighted by Crippen LogP contribution is 2.24. The van der Waals surface area contributed by atoms with Crippen LogP contribution in [-0.4, -0.2) is 19.0 Å². The van der Waals surface area contributed by atoms with Gasteiger partial charge in [0.25, 0.3) is 0 Å². The van der Waals surface area contributed by atoms with E-state index in [2.05, 4.69) is 48.7 Å². The molecule has 1 N–H and O–H groups in total. The molecule has 3 heteroatoms. The Labute approximate surface area is 133 Å². The Bertz CT molecular complexity index is 535. The van der Waals surface area contributed by atoms with Gasteiger partial charge in [0.05, 0.1) is 0 Å². The molecule has 1 fully saturated rings. The van der Waals surface area contributed by atoms with Crippen molar-refractivity contribution < 1.29 is 4.79 Å². The fraction of sp³-hybridized carbons (Fsp3) is 0.526. The fourth-order valence-electron chi connectivity index (χ4n) is 3.37. The average Bonchev–Trinajstić information content (AvgIpc) is 3.00. The topological polar surface area (TPSA) is 32.3 Å². The fourth-order valence-corrected chi connectivity index (χ4v) is 3.37. The number of nitrogens with zero attached hydrogens (tertiary/aromatic N) is 1. The molecule has 1 amide bonds. The van der Waals surface area contributed by atoms with E-state index in [1.807, 2.05) is 4.90 Å². The van der Waals surface area contributed by atoms with Crippen molar-refractivity contribution in [2.24, 2.45) is 5.92 Å². The molecule has 0 radical (unpaired) electrons. The van der Waals surface area contributed by atoms with E-state index in [4.69, 9.17) is 0 Å². The molecule has 22 heavy (non-hydrogen) atoms. The summed E-state index contributed by atoms with van der Waals surface area (Å²) in [5.74, 6) is 1.03. The molecular formula is C19H26N2O. The van der Waals surface area contributed by atoms with Crippen LogP contribution in [0.3, 0.4) is 0 Å². The van der Waals surface area contributed by atoms with Crippen LogP contribution >= 0.6 is 0 Å². The maximum Gasteiger partial charge on any atom is 0.227 e. The number of nitrogens with one attached hydrogen (secondary N) is 1. The third-order valence-corrected chi connectivity index (χ3v) is 4.87. The Morgan fingerprint density at radius 2 is 2.09 bits per heavy atom. The van der Waals surface area contributed by atoms with Gasteiger partial charge in [0.1, 0.15) is 0 Å². The molecule has 1 aromatic rings. The molecule has 0 unspecified atom stereocenters. The van der Waals surface area contributed by atoms with Crippen LogP contribution in [0.1, 0.15) is 50.6 Å². The van der Waals surface area contributed by atoms with E-state index in [1.54, 1.807) is 0 Å². The van der Waals surface area contributed by atoms with E-state index < -0.39 is 0 Å². The van der Waals surface area contributed by atoms with Crippen molar-refractivity contribution in [1.82, 2.24) is 5.32 Å². The van der Waals surface area contributed by atoms with E-state index in [-0.39, 0.29) is 5.91 Å². The third kappa shape index (κ3) is 3.58. The largest absolute Gasteiger partial charge is 0.312 e. The highest BCUT2D eigenvalue weighted by molar-refractivity contribution is 5.95. The van der Waals surface area contributed by atoms with Gasteiger partial charge in [-0.05, 0) is 62.8 Å². The third-order valence-electron chi connectivity index (χ3n) is 4.87. The lowest BCUT2D eigenvalue weighted by Crippen LogP contribution is -2.26. The molecule has 0 saturated carbocycles. The molecule has 1 aliphatic carbocycles. The number of carbonyl (C=O) groups excluding carboxylic acids is 1. The van der Waals surface area contributed by atoms with Crippen LogP contribution in [0.15, 0.2) is 36.4 Å². The zero-order valence-corrected chi connectivity index (χ0v) is 13.4. The number of hydrogen-bond acceptors (Lipinski definition) is 2. The normalized spacial score (nSPS) is 23.0. The Hall–Kier alpha value is -1.61. The summed E-state index contributed by atoms with van der Waals surface area (Å²) in [7, 11) is 0. The quantitative estimate of drug-likeness (QED) is 0.838. The van der Waals surface area contributed by atoms with Crippen molar-refractivity contribution in [2.45, 2.75) is 45.1 Å². The molecule has 0 aromatic heterocycles. The van der Waals surface area contributed by atoms with Gasteiger partial charge in [-0.15, -0.1) is 0 Å². The van der Waals surface area contributed by atoms with Crippen molar-refractivity contribution in [3.05, 3.63) is 42.0 Å². The molecule has 2 atom stereocenters. The molecule has 118 valence electrons. The summed E-state index contributed by atoms with van der Waals surface area (Å²) in [4.78, 5) is 13.7. The molecule has 1 saturated heterocycles. The second-order valence-corrected chi connectivity index (χ2v) is 6.52. The predicted molar refractivity (Wildman–Crippen MR) is 90.9 cm³/mol. The van der Waals surface area contributed by atoms with Crippen LogP contribution in [0.5, 0.6) is 0 Å². The number of allylic oxidation sites excluding steroid dienone is 2. The molecule has 0 bridgehead atoms. The highest BCUT2D eigenvalue weighted by Gasteiger charge is 2.21. The summed E-state index contributed by atoms with van der Waals surface area (Å²) >= 11 is 0. The van der Waals surface area contributed by atoms with Gasteiger partial charge in [0, 0.05) is 24.7 Å². The lowest BCUT2D eigenvalue weighted by molar-refractivity contribution is -0.117. The highest BCUT2D eigenvalue weighted by atomic mass is 16.2. The maximum absolute atomic E-state index is 11.8. The molecule has 1 aliphatic heterocycles. The Kier molecular flexibility index (Phi) is 4.94. The van der Waals surface area contributed by atoms with Crippen LogP contribution in [0.2, 0.25) is 0 Å². The monoisotopic (exact) mass is 298 g/mol. The van der Waals surface area contributed by atoms with Crippen LogP contribution in [0.4, 0.5) is 5.69 Å². The first-order valence-electron chi connectivity index (χ1n) is 8.53. The van der Waals surface area contributed by atoms with Crippen molar-refractivity contribution >= 4 is 11.6 Å².